The van der Waals surface area contributed by atoms with E-state index >= 15 is 0 Å². The number of benzene rings is 1. The molecule has 144 valence electrons. The average molecular weight is 379 g/mol. The van der Waals surface area contributed by atoms with E-state index in [2.05, 4.69) is 20.4 Å². The molecule has 0 radical (unpaired) electrons. The molecule has 0 aliphatic heterocycles. The van der Waals surface area contributed by atoms with Crippen LogP contribution in [-0.2, 0) is 11.3 Å². The Morgan fingerprint density at radius 1 is 1.25 bits per heavy atom. The highest BCUT2D eigenvalue weighted by atomic mass is 16.5. The Morgan fingerprint density at radius 2 is 2.11 bits per heavy atom. The van der Waals surface area contributed by atoms with E-state index in [0.29, 0.717) is 28.9 Å². The highest BCUT2D eigenvalue weighted by Crippen LogP contribution is 2.23. The Labute approximate surface area is 162 Å². The lowest BCUT2D eigenvalue weighted by Gasteiger charge is -2.14. The van der Waals surface area contributed by atoms with Gasteiger partial charge in [0.25, 0.3) is 5.91 Å². The second-order valence-electron chi connectivity index (χ2n) is 6.19. The Bertz CT molecular complexity index is 956. The van der Waals surface area contributed by atoms with Crippen LogP contribution in [0.4, 0.5) is 0 Å². The van der Waals surface area contributed by atoms with Crippen molar-refractivity contribution in [3.8, 4) is 11.3 Å². The molecule has 28 heavy (non-hydrogen) atoms. The van der Waals surface area contributed by atoms with Crippen LogP contribution in [0.15, 0.2) is 55.2 Å². The first-order valence-electron chi connectivity index (χ1n) is 8.94. The van der Waals surface area contributed by atoms with Gasteiger partial charge in [-0.3, -0.25) is 14.5 Å². The van der Waals surface area contributed by atoms with Gasteiger partial charge < -0.3 is 10.1 Å². The number of nitrogens with zero attached hydrogens (tertiary/aromatic N) is 4. The van der Waals surface area contributed by atoms with Crippen molar-refractivity contribution in [2.75, 3.05) is 6.61 Å². The lowest BCUT2D eigenvalue weighted by molar-refractivity contribution is 0.0526. The van der Waals surface area contributed by atoms with Crippen LogP contribution in [-0.4, -0.2) is 44.3 Å². The Balaban J connectivity index is 1.79. The molecule has 1 atom stereocenters. The molecule has 0 aliphatic rings. The number of aromatic nitrogens is 4. The molecule has 0 fully saturated rings. The molecule has 3 rings (SSSR count). The summed E-state index contributed by atoms with van der Waals surface area (Å²) in [5, 5.41) is 6.96. The molecule has 1 N–H and O–H groups in total. The van der Waals surface area contributed by atoms with E-state index in [1.165, 1.54) is 6.33 Å². The molecule has 1 aromatic carbocycles. The van der Waals surface area contributed by atoms with Crippen LogP contribution >= 0.6 is 0 Å². The number of hydrogen-bond donors (Lipinski definition) is 1. The maximum Gasteiger partial charge on any atom is 0.340 e. The van der Waals surface area contributed by atoms with Gasteiger partial charge in [-0.25, -0.2) is 9.78 Å². The summed E-state index contributed by atoms with van der Waals surface area (Å²) in [5.74, 6) is -0.662. The van der Waals surface area contributed by atoms with E-state index in [-0.39, 0.29) is 18.6 Å². The summed E-state index contributed by atoms with van der Waals surface area (Å²) < 4.78 is 6.75. The number of pyridine rings is 1. The van der Waals surface area contributed by atoms with Crippen LogP contribution in [0.25, 0.3) is 11.3 Å². The zero-order chi connectivity index (χ0) is 19.9. The van der Waals surface area contributed by atoms with Crippen LogP contribution in [0.5, 0.6) is 0 Å². The maximum absolute atomic E-state index is 12.6. The number of amides is 1. The highest BCUT2D eigenvalue weighted by Gasteiger charge is 2.17. The van der Waals surface area contributed by atoms with E-state index in [1.54, 1.807) is 60.5 Å². The summed E-state index contributed by atoms with van der Waals surface area (Å²) in [6.45, 7) is 4.43. The molecule has 8 heteroatoms. The molecule has 2 heterocycles. The fourth-order valence-electron chi connectivity index (χ4n) is 2.78. The van der Waals surface area contributed by atoms with Gasteiger partial charge in [-0.1, -0.05) is 12.1 Å². The maximum atomic E-state index is 12.6. The van der Waals surface area contributed by atoms with Gasteiger partial charge in [-0.2, -0.15) is 5.10 Å². The monoisotopic (exact) mass is 379 g/mol. The first-order valence-corrected chi connectivity index (χ1v) is 8.94. The molecule has 0 unspecified atom stereocenters. The molecule has 0 spiro atoms. The number of ether oxygens (including phenoxy) is 1. The van der Waals surface area contributed by atoms with Crippen molar-refractivity contribution in [1.29, 1.82) is 0 Å². The van der Waals surface area contributed by atoms with Crippen molar-refractivity contribution >= 4 is 11.9 Å². The number of nitrogens with one attached hydrogen (secondary N) is 1. The van der Waals surface area contributed by atoms with Gasteiger partial charge in [0.05, 0.1) is 24.4 Å². The summed E-state index contributed by atoms with van der Waals surface area (Å²) in [5.41, 5.74) is 1.98. The van der Waals surface area contributed by atoms with E-state index in [0.717, 1.165) is 0 Å². The Kier molecular flexibility index (Phi) is 6.11. The molecule has 0 aliphatic carbocycles. The summed E-state index contributed by atoms with van der Waals surface area (Å²) in [6.07, 6.45) is 4.65. The van der Waals surface area contributed by atoms with Gasteiger partial charge >= 0.3 is 5.97 Å². The van der Waals surface area contributed by atoms with Crippen LogP contribution in [0.2, 0.25) is 0 Å². The van der Waals surface area contributed by atoms with Gasteiger partial charge in [-0.05, 0) is 38.1 Å². The smallest absolute Gasteiger partial charge is 0.340 e. The van der Waals surface area contributed by atoms with Crippen LogP contribution in [0.3, 0.4) is 0 Å². The number of esters is 1. The molecule has 2 aromatic heterocycles. The van der Waals surface area contributed by atoms with E-state index in [4.69, 9.17) is 4.74 Å². The van der Waals surface area contributed by atoms with Crippen molar-refractivity contribution < 1.29 is 14.3 Å². The minimum absolute atomic E-state index is 0.136. The predicted octanol–water partition coefficient (Wildman–Crippen LogP) is 2.34. The lowest BCUT2D eigenvalue weighted by Crippen LogP contribution is -2.35. The molecule has 3 aromatic rings. The van der Waals surface area contributed by atoms with Gasteiger partial charge in [0.2, 0.25) is 0 Å². The Morgan fingerprint density at radius 3 is 2.86 bits per heavy atom. The fourth-order valence-corrected chi connectivity index (χ4v) is 2.78. The third-order valence-corrected chi connectivity index (χ3v) is 4.01. The summed E-state index contributed by atoms with van der Waals surface area (Å²) >= 11 is 0. The largest absolute Gasteiger partial charge is 0.462 e. The second kappa shape index (κ2) is 8.90. The van der Waals surface area contributed by atoms with Crippen molar-refractivity contribution in [3.05, 3.63) is 66.4 Å². The quantitative estimate of drug-likeness (QED) is 0.633. The zero-order valence-corrected chi connectivity index (χ0v) is 15.7. The van der Waals surface area contributed by atoms with Crippen LogP contribution < -0.4 is 5.32 Å². The van der Waals surface area contributed by atoms with Crippen LogP contribution in [0, 0.1) is 0 Å². The normalized spacial score (nSPS) is 11.6. The standard InChI is InChI=1S/C20H21N5O3/c1-3-28-20(27)17-8-5-9-22-18(17)15-6-4-7-16(10-15)19(26)24-14(2)11-25-13-21-12-23-25/h4-10,12-14H,3,11H2,1-2H3,(H,24,26)/t14-/m0/s1. The van der Waals surface area contributed by atoms with Crippen molar-refractivity contribution in [2.24, 2.45) is 0 Å². The van der Waals surface area contributed by atoms with Gasteiger partial charge in [-0.15, -0.1) is 0 Å². The molecule has 0 bridgehead atoms. The van der Waals surface area contributed by atoms with Crippen molar-refractivity contribution in [2.45, 2.75) is 26.4 Å². The fraction of sp³-hybridized carbons (Fsp3) is 0.250. The lowest BCUT2D eigenvalue weighted by atomic mass is 10.0. The minimum Gasteiger partial charge on any atom is -0.462 e. The topological polar surface area (TPSA) is 99.0 Å². The van der Waals surface area contributed by atoms with Crippen LogP contribution in [0.1, 0.15) is 34.6 Å². The number of carbonyl (C=O) groups is 2. The zero-order valence-electron chi connectivity index (χ0n) is 15.7. The SMILES string of the molecule is CCOC(=O)c1cccnc1-c1cccc(C(=O)N[C@@H](C)Cn2cncn2)c1. The summed E-state index contributed by atoms with van der Waals surface area (Å²) in [4.78, 5) is 33.0. The first kappa shape index (κ1) is 19.2. The minimum atomic E-state index is -0.443. The third-order valence-electron chi connectivity index (χ3n) is 4.01. The molecule has 8 nitrogen and oxygen atoms in total. The molecule has 0 saturated carbocycles. The third kappa shape index (κ3) is 4.59. The van der Waals surface area contributed by atoms with Gasteiger partial charge in [0.1, 0.15) is 12.7 Å². The van der Waals surface area contributed by atoms with E-state index in [1.807, 2.05) is 6.92 Å². The van der Waals surface area contributed by atoms with Gasteiger partial charge in [0, 0.05) is 23.4 Å². The van der Waals surface area contributed by atoms with Crippen molar-refractivity contribution in [3.63, 3.8) is 0 Å². The molecule has 1 amide bonds. The second-order valence-corrected chi connectivity index (χ2v) is 6.19. The number of hydrogen-bond acceptors (Lipinski definition) is 6. The number of carbonyl (C=O) groups excluding carboxylic acids is 2. The average Bonchev–Trinajstić information content (AvgIpc) is 3.21. The Hall–Kier alpha value is -3.55. The van der Waals surface area contributed by atoms with E-state index < -0.39 is 5.97 Å². The van der Waals surface area contributed by atoms with Gasteiger partial charge in [0.15, 0.2) is 0 Å². The highest BCUT2D eigenvalue weighted by molar-refractivity contribution is 5.98. The molecular weight excluding hydrogens is 358 g/mol. The molecular formula is C20H21N5O3. The first-order chi connectivity index (χ1) is 13.6. The number of rotatable bonds is 7. The summed E-state index contributed by atoms with van der Waals surface area (Å²) in [6, 6.07) is 10.2. The predicted molar refractivity (Wildman–Crippen MR) is 103 cm³/mol. The van der Waals surface area contributed by atoms with E-state index in [9.17, 15) is 9.59 Å². The molecule has 0 saturated heterocycles. The van der Waals surface area contributed by atoms with Crippen molar-refractivity contribution in [1.82, 2.24) is 25.1 Å². The summed E-state index contributed by atoms with van der Waals surface area (Å²) in [7, 11) is 0.